The van der Waals surface area contributed by atoms with Gasteiger partial charge in [0.15, 0.2) is 0 Å². The SMILES string of the molecule is O[C@@H]1CCC[C@H]1c1ccc(Cl)c(Cl)c1. The second-order valence-electron chi connectivity index (χ2n) is 3.78. The summed E-state index contributed by atoms with van der Waals surface area (Å²) in [7, 11) is 0. The van der Waals surface area contributed by atoms with Crippen molar-refractivity contribution in [2.75, 3.05) is 0 Å². The van der Waals surface area contributed by atoms with Crippen LogP contribution in [0.15, 0.2) is 18.2 Å². The topological polar surface area (TPSA) is 20.2 Å². The summed E-state index contributed by atoms with van der Waals surface area (Å²) in [6, 6.07) is 5.61. The van der Waals surface area contributed by atoms with Gasteiger partial charge in [0, 0.05) is 5.92 Å². The van der Waals surface area contributed by atoms with Crippen LogP contribution in [-0.2, 0) is 0 Å². The van der Waals surface area contributed by atoms with E-state index in [1.165, 1.54) is 0 Å². The molecule has 1 N–H and O–H groups in total. The zero-order chi connectivity index (χ0) is 10.1. The molecule has 0 radical (unpaired) electrons. The van der Waals surface area contributed by atoms with Gasteiger partial charge in [0.1, 0.15) is 0 Å². The van der Waals surface area contributed by atoms with Crippen molar-refractivity contribution in [3.05, 3.63) is 33.8 Å². The smallest absolute Gasteiger partial charge is 0.0608 e. The molecule has 0 spiro atoms. The molecule has 76 valence electrons. The van der Waals surface area contributed by atoms with E-state index < -0.39 is 0 Å². The van der Waals surface area contributed by atoms with E-state index in [4.69, 9.17) is 23.2 Å². The summed E-state index contributed by atoms with van der Waals surface area (Å²) in [5.41, 5.74) is 1.10. The lowest BCUT2D eigenvalue weighted by Gasteiger charge is -2.15. The van der Waals surface area contributed by atoms with Gasteiger partial charge in [-0.1, -0.05) is 35.7 Å². The molecule has 1 aliphatic carbocycles. The van der Waals surface area contributed by atoms with Crippen molar-refractivity contribution in [2.24, 2.45) is 0 Å². The normalized spacial score (nSPS) is 26.8. The largest absolute Gasteiger partial charge is 0.392 e. The first-order valence-corrected chi connectivity index (χ1v) is 5.57. The van der Waals surface area contributed by atoms with Crippen molar-refractivity contribution >= 4 is 23.2 Å². The lowest BCUT2D eigenvalue weighted by molar-refractivity contribution is 0.164. The Morgan fingerprint density at radius 1 is 1.14 bits per heavy atom. The van der Waals surface area contributed by atoms with Crippen molar-refractivity contribution in [1.82, 2.24) is 0 Å². The fraction of sp³-hybridized carbons (Fsp3) is 0.455. The maximum atomic E-state index is 9.73. The Morgan fingerprint density at radius 2 is 1.93 bits per heavy atom. The second kappa shape index (κ2) is 4.09. The predicted octanol–water partition coefficient (Wildman–Crippen LogP) is 3.62. The minimum atomic E-state index is -0.216. The van der Waals surface area contributed by atoms with Crippen molar-refractivity contribution in [3.8, 4) is 0 Å². The molecular formula is C11H12Cl2O. The van der Waals surface area contributed by atoms with Gasteiger partial charge < -0.3 is 5.11 Å². The second-order valence-corrected chi connectivity index (χ2v) is 4.59. The zero-order valence-corrected chi connectivity index (χ0v) is 9.22. The number of aliphatic hydroxyl groups excluding tert-OH is 1. The number of hydrogen-bond donors (Lipinski definition) is 1. The summed E-state index contributed by atoms with van der Waals surface area (Å²) in [4.78, 5) is 0. The fourth-order valence-electron chi connectivity index (χ4n) is 2.07. The molecule has 0 bridgehead atoms. The lowest BCUT2D eigenvalue weighted by Crippen LogP contribution is -2.10. The summed E-state index contributed by atoms with van der Waals surface area (Å²) in [5.74, 6) is 0.241. The van der Waals surface area contributed by atoms with Crippen molar-refractivity contribution in [3.63, 3.8) is 0 Å². The number of benzene rings is 1. The van der Waals surface area contributed by atoms with Gasteiger partial charge in [-0.05, 0) is 30.5 Å². The van der Waals surface area contributed by atoms with Crippen LogP contribution in [0.3, 0.4) is 0 Å². The van der Waals surface area contributed by atoms with E-state index in [1.807, 2.05) is 12.1 Å². The molecule has 14 heavy (non-hydrogen) atoms. The Hall–Kier alpha value is -0.240. The van der Waals surface area contributed by atoms with Gasteiger partial charge in [0.25, 0.3) is 0 Å². The molecule has 0 aromatic heterocycles. The van der Waals surface area contributed by atoms with E-state index in [9.17, 15) is 5.11 Å². The summed E-state index contributed by atoms with van der Waals surface area (Å²) < 4.78 is 0. The molecule has 1 aromatic rings. The molecule has 0 amide bonds. The van der Waals surface area contributed by atoms with Crippen LogP contribution >= 0.6 is 23.2 Å². The highest BCUT2D eigenvalue weighted by Crippen LogP contribution is 2.36. The molecule has 0 aliphatic heterocycles. The number of rotatable bonds is 1. The number of aliphatic hydroxyl groups is 1. The number of hydrogen-bond acceptors (Lipinski definition) is 1. The lowest BCUT2D eigenvalue weighted by atomic mass is 9.96. The molecule has 1 nitrogen and oxygen atoms in total. The van der Waals surface area contributed by atoms with Crippen LogP contribution in [0.5, 0.6) is 0 Å². The molecule has 0 heterocycles. The maximum absolute atomic E-state index is 9.73. The van der Waals surface area contributed by atoms with Crippen LogP contribution in [0.25, 0.3) is 0 Å². The van der Waals surface area contributed by atoms with E-state index >= 15 is 0 Å². The first kappa shape index (κ1) is 10.3. The highest BCUT2D eigenvalue weighted by Gasteiger charge is 2.26. The molecule has 0 unspecified atom stereocenters. The van der Waals surface area contributed by atoms with Crippen LogP contribution in [0.2, 0.25) is 10.0 Å². The molecule has 1 aromatic carbocycles. The average Bonchev–Trinajstić information content (AvgIpc) is 2.57. The van der Waals surface area contributed by atoms with Crippen molar-refractivity contribution in [1.29, 1.82) is 0 Å². The molecule has 1 fully saturated rings. The summed E-state index contributed by atoms with van der Waals surface area (Å²) in [6.45, 7) is 0. The standard InChI is InChI=1S/C11H12Cl2O/c12-9-5-4-7(6-10(9)13)8-2-1-3-11(8)14/h4-6,8,11,14H,1-3H2/t8-,11+/m0/s1. The first-order chi connectivity index (χ1) is 6.68. The van der Waals surface area contributed by atoms with Gasteiger partial charge >= 0.3 is 0 Å². The predicted molar refractivity (Wildman–Crippen MR) is 59.1 cm³/mol. The van der Waals surface area contributed by atoms with E-state index in [0.717, 1.165) is 24.8 Å². The van der Waals surface area contributed by atoms with Gasteiger partial charge in [0.2, 0.25) is 0 Å². The Labute approximate surface area is 93.7 Å². The Balaban J connectivity index is 2.28. The van der Waals surface area contributed by atoms with Crippen LogP contribution in [0, 0.1) is 0 Å². The zero-order valence-electron chi connectivity index (χ0n) is 7.71. The quantitative estimate of drug-likeness (QED) is 0.782. The van der Waals surface area contributed by atoms with Crippen LogP contribution < -0.4 is 0 Å². The van der Waals surface area contributed by atoms with Gasteiger partial charge in [0.05, 0.1) is 16.1 Å². The third-order valence-corrected chi connectivity index (χ3v) is 3.59. The summed E-state index contributed by atoms with van der Waals surface area (Å²) >= 11 is 11.8. The van der Waals surface area contributed by atoms with Crippen LogP contribution in [0.4, 0.5) is 0 Å². The molecule has 1 saturated carbocycles. The Morgan fingerprint density at radius 3 is 2.50 bits per heavy atom. The summed E-state index contributed by atoms with van der Waals surface area (Å²) in [5, 5.41) is 10.9. The highest BCUT2D eigenvalue weighted by atomic mass is 35.5. The van der Waals surface area contributed by atoms with Crippen molar-refractivity contribution < 1.29 is 5.11 Å². The Bertz CT molecular complexity index is 338. The number of halogens is 2. The molecular weight excluding hydrogens is 219 g/mol. The van der Waals surface area contributed by atoms with E-state index in [0.29, 0.717) is 10.0 Å². The molecule has 3 heteroatoms. The van der Waals surface area contributed by atoms with E-state index in [2.05, 4.69) is 0 Å². The van der Waals surface area contributed by atoms with Gasteiger partial charge in [-0.2, -0.15) is 0 Å². The van der Waals surface area contributed by atoms with Crippen LogP contribution in [-0.4, -0.2) is 11.2 Å². The fourth-order valence-corrected chi connectivity index (χ4v) is 2.38. The third kappa shape index (κ3) is 1.90. The highest BCUT2D eigenvalue weighted by molar-refractivity contribution is 6.42. The first-order valence-electron chi connectivity index (χ1n) is 4.81. The maximum Gasteiger partial charge on any atom is 0.0608 e. The minimum Gasteiger partial charge on any atom is -0.392 e. The monoisotopic (exact) mass is 230 g/mol. The van der Waals surface area contributed by atoms with Crippen molar-refractivity contribution in [2.45, 2.75) is 31.3 Å². The van der Waals surface area contributed by atoms with Gasteiger partial charge in [-0.15, -0.1) is 0 Å². The average molecular weight is 231 g/mol. The van der Waals surface area contributed by atoms with Gasteiger partial charge in [-0.3, -0.25) is 0 Å². The van der Waals surface area contributed by atoms with Crippen LogP contribution in [0.1, 0.15) is 30.7 Å². The minimum absolute atomic E-state index is 0.216. The molecule has 0 saturated heterocycles. The van der Waals surface area contributed by atoms with E-state index in [-0.39, 0.29) is 12.0 Å². The third-order valence-electron chi connectivity index (χ3n) is 2.85. The molecule has 2 rings (SSSR count). The van der Waals surface area contributed by atoms with E-state index in [1.54, 1.807) is 6.07 Å². The van der Waals surface area contributed by atoms with Gasteiger partial charge in [-0.25, -0.2) is 0 Å². The summed E-state index contributed by atoms with van der Waals surface area (Å²) in [6.07, 6.45) is 2.81. The molecule has 1 aliphatic rings. The Kier molecular flexibility index (Phi) is 3.01. The molecule has 2 atom stereocenters.